The maximum Gasteiger partial charge on any atom is 0.319 e. The summed E-state index contributed by atoms with van der Waals surface area (Å²) in [5, 5.41) is 9.86. The third kappa shape index (κ3) is 3.03. The maximum atomic E-state index is 12.2. The molecule has 0 spiro atoms. The van der Waals surface area contributed by atoms with Gasteiger partial charge in [0, 0.05) is 70.7 Å². The first-order chi connectivity index (χ1) is 12.3. The fourth-order valence-corrected chi connectivity index (χ4v) is 4.01. The Labute approximate surface area is 151 Å². The van der Waals surface area contributed by atoms with Gasteiger partial charge in [-0.25, -0.2) is 4.79 Å². The van der Waals surface area contributed by atoms with E-state index in [-0.39, 0.29) is 29.7 Å². The minimum Gasteiger partial charge on any atom is -0.491 e. The van der Waals surface area contributed by atoms with Gasteiger partial charge in [-0.1, -0.05) is 0 Å². The van der Waals surface area contributed by atoms with E-state index in [1.807, 2.05) is 4.90 Å². The van der Waals surface area contributed by atoms with E-state index >= 15 is 0 Å². The molecule has 142 valence electrons. The van der Waals surface area contributed by atoms with E-state index in [4.69, 9.17) is 4.74 Å². The molecule has 0 unspecified atom stereocenters. The van der Waals surface area contributed by atoms with Gasteiger partial charge >= 0.3 is 12.0 Å². The molecule has 2 amide bonds. The number of aromatic amines is 1. The second kappa shape index (κ2) is 6.64. The number of hydrogen-bond donors (Lipinski definition) is 2. The molecule has 2 atom stereocenters. The summed E-state index contributed by atoms with van der Waals surface area (Å²) in [6, 6.07) is 1.31. The quantitative estimate of drug-likeness (QED) is 0.772. The van der Waals surface area contributed by atoms with Crippen LogP contribution in [0.15, 0.2) is 17.1 Å². The Kier molecular flexibility index (Phi) is 4.66. The lowest BCUT2D eigenvalue weighted by molar-refractivity contribution is -0.148. The van der Waals surface area contributed by atoms with Crippen LogP contribution in [0, 0.1) is 11.3 Å². The first-order valence-corrected chi connectivity index (χ1v) is 8.44. The molecule has 1 aromatic rings. The molecule has 1 aromatic heterocycles. The molecule has 2 aliphatic heterocycles. The average Bonchev–Trinajstić information content (AvgIpc) is 3.09. The zero-order chi connectivity index (χ0) is 19.1. The van der Waals surface area contributed by atoms with Crippen LogP contribution >= 0.6 is 0 Å². The molecule has 0 radical (unpaired) electrons. The number of methoxy groups -OCH3 is 1. The van der Waals surface area contributed by atoms with Crippen molar-refractivity contribution in [2.45, 2.75) is 6.54 Å². The van der Waals surface area contributed by atoms with Gasteiger partial charge in [0.05, 0.1) is 7.11 Å². The summed E-state index contributed by atoms with van der Waals surface area (Å²) in [5.74, 6) is -0.761. The number of nitrogens with zero attached hydrogens (tertiary/aromatic N) is 3. The topological polar surface area (TPSA) is 106 Å². The van der Waals surface area contributed by atoms with Crippen LogP contribution in [0.1, 0.15) is 5.69 Å². The van der Waals surface area contributed by atoms with Gasteiger partial charge in [-0.15, -0.1) is 0 Å². The van der Waals surface area contributed by atoms with Crippen molar-refractivity contribution in [1.29, 1.82) is 0 Å². The normalized spacial score (nSPS) is 25.2. The van der Waals surface area contributed by atoms with Crippen LogP contribution in [-0.2, 0) is 11.3 Å². The number of aliphatic carboxylic acids is 1. The van der Waals surface area contributed by atoms with Crippen molar-refractivity contribution < 1.29 is 19.4 Å². The lowest BCUT2D eigenvalue weighted by atomic mass is 9.81. The zero-order valence-electron chi connectivity index (χ0n) is 15.2. The lowest BCUT2D eigenvalue weighted by Gasteiger charge is -2.27. The van der Waals surface area contributed by atoms with Crippen LogP contribution in [0.4, 0.5) is 4.79 Å². The summed E-state index contributed by atoms with van der Waals surface area (Å²) in [6.07, 6.45) is 1.51. The number of ether oxygens (including phenoxy) is 1. The first-order valence-electron chi connectivity index (χ1n) is 8.44. The number of carboxylic acid groups (broad SMARTS) is 1. The van der Waals surface area contributed by atoms with Crippen LogP contribution in [0.2, 0.25) is 0 Å². The predicted molar refractivity (Wildman–Crippen MR) is 93.1 cm³/mol. The molecule has 26 heavy (non-hydrogen) atoms. The second-order valence-electron chi connectivity index (χ2n) is 7.28. The molecular weight excluding hydrogens is 340 g/mol. The number of pyridine rings is 1. The highest BCUT2D eigenvalue weighted by Gasteiger charge is 2.58. The molecule has 0 saturated carbocycles. The summed E-state index contributed by atoms with van der Waals surface area (Å²) in [4.78, 5) is 44.2. The largest absolute Gasteiger partial charge is 0.491 e. The minimum atomic E-state index is -0.960. The van der Waals surface area contributed by atoms with Crippen molar-refractivity contribution >= 4 is 12.0 Å². The van der Waals surface area contributed by atoms with Gasteiger partial charge in [-0.3, -0.25) is 14.5 Å². The van der Waals surface area contributed by atoms with Gasteiger partial charge in [0.2, 0.25) is 5.43 Å². The second-order valence-corrected chi connectivity index (χ2v) is 7.28. The SMILES string of the molecule is COc1c[nH]c(CN2C[C@@H]3CN(C(=O)N(C)C)C[C@]3(C(=O)O)C2)cc1=O. The monoisotopic (exact) mass is 364 g/mol. The van der Waals surface area contributed by atoms with Crippen LogP contribution in [-0.4, -0.2) is 84.2 Å². The zero-order valence-corrected chi connectivity index (χ0v) is 15.2. The van der Waals surface area contributed by atoms with Gasteiger partial charge in [-0.05, 0) is 0 Å². The number of amides is 2. The summed E-state index contributed by atoms with van der Waals surface area (Å²) < 4.78 is 4.96. The third-order valence-electron chi connectivity index (χ3n) is 5.31. The Morgan fingerprint density at radius 3 is 2.65 bits per heavy atom. The van der Waals surface area contributed by atoms with E-state index < -0.39 is 11.4 Å². The van der Waals surface area contributed by atoms with Crippen molar-refractivity contribution in [3.8, 4) is 5.75 Å². The Balaban J connectivity index is 1.74. The number of carbonyl (C=O) groups is 2. The van der Waals surface area contributed by atoms with E-state index in [0.29, 0.717) is 31.9 Å². The number of carboxylic acids is 1. The number of fused-ring (bicyclic) bond motifs is 1. The number of carbonyl (C=O) groups excluding carboxylic acids is 1. The Morgan fingerprint density at radius 1 is 1.38 bits per heavy atom. The number of urea groups is 1. The maximum absolute atomic E-state index is 12.2. The van der Waals surface area contributed by atoms with Crippen molar-refractivity contribution in [3.05, 3.63) is 28.2 Å². The lowest BCUT2D eigenvalue weighted by Crippen LogP contribution is -2.44. The van der Waals surface area contributed by atoms with E-state index in [2.05, 4.69) is 4.98 Å². The van der Waals surface area contributed by atoms with Gasteiger partial charge in [0.15, 0.2) is 5.75 Å². The molecule has 0 aromatic carbocycles. The molecule has 2 aliphatic rings. The van der Waals surface area contributed by atoms with Crippen LogP contribution < -0.4 is 10.2 Å². The molecule has 0 aliphatic carbocycles. The van der Waals surface area contributed by atoms with Crippen LogP contribution in [0.25, 0.3) is 0 Å². The molecule has 2 fully saturated rings. The molecule has 3 rings (SSSR count). The highest BCUT2D eigenvalue weighted by Crippen LogP contribution is 2.43. The van der Waals surface area contributed by atoms with Gasteiger partial charge in [-0.2, -0.15) is 0 Å². The molecule has 3 heterocycles. The molecule has 9 nitrogen and oxygen atoms in total. The highest BCUT2D eigenvalue weighted by molar-refractivity contribution is 5.80. The summed E-state index contributed by atoms with van der Waals surface area (Å²) in [5.41, 5.74) is -0.466. The number of H-pyrrole nitrogens is 1. The third-order valence-corrected chi connectivity index (χ3v) is 5.31. The van der Waals surface area contributed by atoms with E-state index in [9.17, 15) is 19.5 Å². The molecule has 0 bridgehead atoms. The molecule has 9 heteroatoms. The van der Waals surface area contributed by atoms with E-state index in [1.165, 1.54) is 24.3 Å². The summed E-state index contributed by atoms with van der Waals surface area (Å²) in [7, 11) is 4.76. The predicted octanol–water partition coefficient (Wildman–Crippen LogP) is -0.116. The van der Waals surface area contributed by atoms with Gasteiger partial charge < -0.3 is 24.6 Å². The molecular formula is C17H24N4O5. The summed E-state index contributed by atoms with van der Waals surface area (Å²) >= 11 is 0. The van der Waals surface area contributed by atoms with Crippen LogP contribution in [0.5, 0.6) is 5.75 Å². The fourth-order valence-electron chi connectivity index (χ4n) is 4.01. The standard InChI is InChI=1S/C17H24N4O5/c1-19(2)16(25)21-7-11-6-20(9-17(11,10-21)15(23)24)8-12-4-13(22)14(26-3)5-18-12/h4-5,11H,6-10H2,1-3H3,(H,18,22)(H,23,24)/t11-,17-/m1/s1. The number of rotatable bonds is 4. The van der Waals surface area contributed by atoms with Crippen molar-refractivity contribution in [3.63, 3.8) is 0 Å². The minimum absolute atomic E-state index is 0.131. The Hall–Kier alpha value is -2.55. The summed E-state index contributed by atoms with van der Waals surface area (Å²) in [6.45, 7) is 2.00. The van der Waals surface area contributed by atoms with Crippen molar-refractivity contribution in [1.82, 2.24) is 19.7 Å². The smallest absolute Gasteiger partial charge is 0.319 e. The van der Waals surface area contributed by atoms with Gasteiger partial charge in [0.25, 0.3) is 0 Å². The van der Waals surface area contributed by atoms with E-state index in [1.54, 1.807) is 19.0 Å². The Morgan fingerprint density at radius 2 is 2.12 bits per heavy atom. The van der Waals surface area contributed by atoms with Gasteiger partial charge in [0.1, 0.15) is 5.41 Å². The highest BCUT2D eigenvalue weighted by atomic mass is 16.5. The van der Waals surface area contributed by atoms with Crippen LogP contribution in [0.3, 0.4) is 0 Å². The number of nitrogens with one attached hydrogen (secondary N) is 1. The number of likely N-dealkylation sites (tertiary alicyclic amines) is 2. The molecule has 2 saturated heterocycles. The average molecular weight is 364 g/mol. The Bertz CT molecular complexity index is 777. The first kappa shape index (κ1) is 18.2. The van der Waals surface area contributed by atoms with Crippen molar-refractivity contribution in [2.24, 2.45) is 11.3 Å². The fraction of sp³-hybridized carbons (Fsp3) is 0.588. The number of aromatic nitrogens is 1. The molecule has 2 N–H and O–H groups in total. The number of hydrogen-bond acceptors (Lipinski definition) is 5. The van der Waals surface area contributed by atoms with E-state index in [0.717, 1.165) is 0 Å². The van der Waals surface area contributed by atoms with Crippen molar-refractivity contribution in [2.75, 3.05) is 47.4 Å².